The van der Waals surface area contributed by atoms with Crippen molar-refractivity contribution >= 4 is 17.4 Å². The van der Waals surface area contributed by atoms with Gasteiger partial charge in [0.25, 0.3) is 0 Å². The molecular formula is C20H18N6OS. The minimum absolute atomic E-state index is 0.137. The van der Waals surface area contributed by atoms with Gasteiger partial charge in [0.2, 0.25) is 0 Å². The topological polar surface area (TPSA) is 96.6 Å². The smallest absolute Gasteiger partial charge is 0.316 e. The van der Waals surface area contributed by atoms with Crippen LogP contribution in [0.2, 0.25) is 0 Å². The van der Waals surface area contributed by atoms with Crippen LogP contribution >= 0.6 is 11.8 Å². The summed E-state index contributed by atoms with van der Waals surface area (Å²) in [6.07, 6.45) is 7.70. The number of nitrogens with one attached hydrogen (secondary N) is 1. The summed E-state index contributed by atoms with van der Waals surface area (Å²) >= 11 is 1.62. The second-order valence-electron chi connectivity index (χ2n) is 6.34. The first-order valence-corrected chi connectivity index (χ1v) is 9.75. The molecule has 0 amide bonds. The normalized spacial score (nSPS) is 15.9. The van der Waals surface area contributed by atoms with E-state index in [4.69, 9.17) is 4.74 Å². The van der Waals surface area contributed by atoms with Gasteiger partial charge in [0.15, 0.2) is 0 Å². The molecule has 8 heteroatoms. The SMILES string of the molecule is Cc1cc2c(cn1)NC(C(C#N)c1ccnc(OCCc3cccnc3)n1)S2. The Kier molecular flexibility index (Phi) is 5.35. The predicted molar refractivity (Wildman–Crippen MR) is 106 cm³/mol. The predicted octanol–water partition coefficient (Wildman–Crippen LogP) is 3.35. The van der Waals surface area contributed by atoms with Gasteiger partial charge < -0.3 is 10.1 Å². The molecule has 4 heterocycles. The fraction of sp³-hybridized carbons (Fsp3) is 0.250. The summed E-state index contributed by atoms with van der Waals surface area (Å²) in [6.45, 7) is 2.40. The Morgan fingerprint density at radius 1 is 1.29 bits per heavy atom. The average Bonchev–Trinajstić information content (AvgIpc) is 3.12. The summed E-state index contributed by atoms with van der Waals surface area (Å²) in [6, 6.07) is 10.3. The molecule has 28 heavy (non-hydrogen) atoms. The van der Waals surface area contributed by atoms with E-state index in [0.29, 0.717) is 18.7 Å². The summed E-state index contributed by atoms with van der Waals surface area (Å²) in [5, 5.41) is 13.0. The van der Waals surface area contributed by atoms with Crippen LogP contribution in [0.1, 0.15) is 22.9 Å². The maximum absolute atomic E-state index is 9.76. The zero-order valence-corrected chi connectivity index (χ0v) is 16.1. The van der Waals surface area contributed by atoms with Gasteiger partial charge in [0, 0.05) is 35.6 Å². The Labute approximate surface area is 167 Å². The first kappa shape index (κ1) is 18.2. The van der Waals surface area contributed by atoms with Gasteiger partial charge >= 0.3 is 6.01 Å². The molecule has 0 radical (unpaired) electrons. The molecule has 1 N–H and O–H groups in total. The number of rotatable bonds is 6. The molecule has 0 aromatic carbocycles. The second kappa shape index (κ2) is 8.23. The summed E-state index contributed by atoms with van der Waals surface area (Å²) < 4.78 is 5.69. The Morgan fingerprint density at radius 3 is 3.04 bits per heavy atom. The lowest BCUT2D eigenvalue weighted by atomic mass is 10.1. The van der Waals surface area contributed by atoms with Crippen LogP contribution in [0.4, 0.5) is 5.69 Å². The summed E-state index contributed by atoms with van der Waals surface area (Å²) in [4.78, 5) is 18.1. The summed E-state index contributed by atoms with van der Waals surface area (Å²) in [7, 11) is 0. The van der Waals surface area contributed by atoms with Gasteiger partial charge in [0.1, 0.15) is 5.92 Å². The number of pyridine rings is 2. The highest BCUT2D eigenvalue weighted by Gasteiger charge is 2.31. The van der Waals surface area contributed by atoms with Gasteiger partial charge in [-0.25, -0.2) is 4.98 Å². The van der Waals surface area contributed by atoms with Crippen molar-refractivity contribution in [3.63, 3.8) is 0 Å². The van der Waals surface area contributed by atoms with Crippen LogP contribution in [0.3, 0.4) is 0 Å². The van der Waals surface area contributed by atoms with Crippen LogP contribution in [0.25, 0.3) is 0 Å². The molecule has 0 saturated heterocycles. The van der Waals surface area contributed by atoms with E-state index in [1.165, 1.54) is 0 Å². The number of fused-ring (bicyclic) bond motifs is 1. The van der Waals surface area contributed by atoms with Gasteiger partial charge in [-0.05, 0) is 30.7 Å². The molecule has 140 valence electrons. The van der Waals surface area contributed by atoms with Crippen molar-refractivity contribution in [2.75, 3.05) is 11.9 Å². The Balaban J connectivity index is 1.43. The first-order chi connectivity index (χ1) is 13.7. The zero-order chi connectivity index (χ0) is 19.3. The van der Waals surface area contributed by atoms with Crippen molar-refractivity contribution in [1.82, 2.24) is 19.9 Å². The minimum atomic E-state index is -0.443. The Morgan fingerprint density at radius 2 is 2.21 bits per heavy atom. The lowest BCUT2D eigenvalue weighted by Gasteiger charge is -2.16. The fourth-order valence-electron chi connectivity index (χ4n) is 2.90. The van der Waals surface area contributed by atoms with E-state index in [1.54, 1.807) is 36.4 Å². The molecule has 7 nitrogen and oxygen atoms in total. The molecule has 0 bridgehead atoms. The third-order valence-electron chi connectivity index (χ3n) is 4.31. The monoisotopic (exact) mass is 390 g/mol. The molecule has 0 saturated carbocycles. The highest BCUT2D eigenvalue weighted by Crippen LogP contribution is 2.43. The Hall–Kier alpha value is -3.18. The molecule has 4 rings (SSSR count). The summed E-state index contributed by atoms with van der Waals surface area (Å²) in [5.74, 6) is -0.443. The molecule has 0 spiro atoms. The molecule has 3 aromatic rings. The van der Waals surface area contributed by atoms with E-state index in [0.717, 1.165) is 21.8 Å². The van der Waals surface area contributed by atoms with Gasteiger partial charge in [0.05, 0.1) is 35.6 Å². The van der Waals surface area contributed by atoms with Crippen LogP contribution in [-0.4, -0.2) is 31.9 Å². The number of nitriles is 1. The van der Waals surface area contributed by atoms with Crippen molar-refractivity contribution in [3.05, 3.63) is 66.0 Å². The largest absolute Gasteiger partial charge is 0.463 e. The van der Waals surface area contributed by atoms with Gasteiger partial charge in [-0.1, -0.05) is 17.8 Å². The van der Waals surface area contributed by atoms with Gasteiger partial charge in [-0.15, -0.1) is 0 Å². The van der Waals surface area contributed by atoms with Crippen molar-refractivity contribution in [3.8, 4) is 12.1 Å². The third kappa shape index (κ3) is 4.05. The van der Waals surface area contributed by atoms with Crippen LogP contribution in [0.15, 0.2) is 53.9 Å². The number of hydrogen-bond acceptors (Lipinski definition) is 8. The quantitative estimate of drug-likeness (QED) is 0.684. The lowest BCUT2D eigenvalue weighted by Crippen LogP contribution is -2.21. The molecule has 0 fully saturated rings. The molecule has 1 aliphatic heterocycles. The minimum Gasteiger partial charge on any atom is -0.463 e. The van der Waals surface area contributed by atoms with E-state index in [1.807, 2.05) is 31.3 Å². The number of anilines is 1. The Bertz CT molecular complexity index is 1010. The number of thioether (sulfide) groups is 1. The second-order valence-corrected chi connectivity index (χ2v) is 7.52. The lowest BCUT2D eigenvalue weighted by molar-refractivity contribution is 0.294. The van der Waals surface area contributed by atoms with Crippen molar-refractivity contribution < 1.29 is 4.74 Å². The molecule has 2 atom stereocenters. The zero-order valence-electron chi connectivity index (χ0n) is 15.2. The standard InChI is InChI=1S/C20H18N6OS/c1-13-9-18-17(12-24-13)25-19(28-18)15(10-21)16-4-7-23-20(26-16)27-8-5-14-3-2-6-22-11-14/h2-4,6-7,9,11-12,15,19,25H,5,8H2,1H3. The van der Waals surface area contributed by atoms with Crippen molar-refractivity contribution in [1.29, 1.82) is 5.26 Å². The number of nitrogens with zero attached hydrogens (tertiary/aromatic N) is 5. The molecule has 3 aromatic heterocycles. The third-order valence-corrected chi connectivity index (χ3v) is 5.55. The van der Waals surface area contributed by atoms with Crippen LogP contribution in [0.5, 0.6) is 6.01 Å². The van der Waals surface area contributed by atoms with E-state index >= 15 is 0 Å². The van der Waals surface area contributed by atoms with Crippen LogP contribution < -0.4 is 10.1 Å². The molecule has 1 aliphatic rings. The molecular weight excluding hydrogens is 372 g/mol. The van der Waals surface area contributed by atoms with Gasteiger partial charge in [-0.3, -0.25) is 9.97 Å². The van der Waals surface area contributed by atoms with Crippen LogP contribution in [-0.2, 0) is 6.42 Å². The number of hydrogen-bond donors (Lipinski definition) is 1. The first-order valence-electron chi connectivity index (χ1n) is 8.87. The van der Waals surface area contributed by atoms with Crippen molar-refractivity contribution in [2.45, 2.75) is 29.5 Å². The molecule has 2 unspecified atom stereocenters. The number of ether oxygens (including phenoxy) is 1. The number of aryl methyl sites for hydroxylation is 1. The van der Waals surface area contributed by atoms with Crippen molar-refractivity contribution in [2.24, 2.45) is 0 Å². The van der Waals surface area contributed by atoms with E-state index in [9.17, 15) is 5.26 Å². The summed E-state index contributed by atoms with van der Waals surface area (Å²) in [5.41, 5.74) is 3.62. The van der Waals surface area contributed by atoms with Gasteiger partial charge in [-0.2, -0.15) is 10.2 Å². The highest BCUT2D eigenvalue weighted by atomic mass is 32.2. The number of aromatic nitrogens is 4. The van der Waals surface area contributed by atoms with Crippen LogP contribution in [0, 0.1) is 18.3 Å². The molecule has 0 aliphatic carbocycles. The fourth-order valence-corrected chi connectivity index (χ4v) is 4.18. The maximum Gasteiger partial charge on any atom is 0.316 e. The van der Waals surface area contributed by atoms with E-state index < -0.39 is 5.92 Å². The van der Waals surface area contributed by atoms with E-state index in [-0.39, 0.29) is 11.4 Å². The average molecular weight is 390 g/mol. The maximum atomic E-state index is 9.76. The van der Waals surface area contributed by atoms with E-state index in [2.05, 4.69) is 31.3 Å². The highest BCUT2D eigenvalue weighted by molar-refractivity contribution is 8.00.